The average Bonchev–Trinajstić information content (AvgIpc) is 4.23. The third-order valence-electron chi connectivity index (χ3n) is 16.4. The van der Waals surface area contributed by atoms with Crippen LogP contribution in [-0.4, -0.2) is 72.7 Å². The first kappa shape index (κ1) is 47.9. The third kappa shape index (κ3) is 9.20. The van der Waals surface area contributed by atoms with Crippen molar-refractivity contribution in [2.24, 2.45) is 0 Å². The Morgan fingerprint density at radius 3 is 2.15 bits per heavy atom. The van der Waals surface area contributed by atoms with E-state index < -0.39 is 5.60 Å². The van der Waals surface area contributed by atoms with Crippen molar-refractivity contribution in [1.29, 1.82) is 0 Å². The van der Waals surface area contributed by atoms with Gasteiger partial charge in [-0.25, -0.2) is 14.8 Å². The van der Waals surface area contributed by atoms with Crippen molar-refractivity contribution in [2.75, 3.05) is 36.0 Å². The summed E-state index contributed by atoms with van der Waals surface area (Å²) in [4.78, 5) is 47.4. The maximum Gasteiger partial charge on any atom is 0.410 e. The fourth-order valence-electron chi connectivity index (χ4n) is 12.7. The highest BCUT2D eigenvalue weighted by Gasteiger charge is 2.36. The van der Waals surface area contributed by atoms with Crippen LogP contribution in [0.1, 0.15) is 139 Å². The summed E-state index contributed by atoms with van der Waals surface area (Å²) in [5.41, 5.74) is 23.3. The van der Waals surface area contributed by atoms with Gasteiger partial charge in [0.05, 0.1) is 6.04 Å². The van der Waals surface area contributed by atoms with Crippen LogP contribution in [0.5, 0.6) is 0 Å². The Labute approximate surface area is 435 Å². The summed E-state index contributed by atoms with van der Waals surface area (Å²) in [5, 5.41) is 6.13. The molecule has 2 fully saturated rings. The van der Waals surface area contributed by atoms with Crippen LogP contribution >= 0.6 is 0 Å². The van der Waals surface area contributed by atoms with Gasteiger partial charge in [0.2, 0.25) is 0 Å². The average molecular weight is 987 g/mol. The number of likely N-dealkylation sites (tertiary alicyclic amines) is 1. The smallest absolute Gasteiger partial charge is 0.410 e. The summed E-state index contributed by atoms with van der Waals surface area (Å²) >= 11 is 0. The Bertz CT molecular complexity index is 3470. The first-order valence-corrected chi connectivity index (χ1v) is 27.1. The summed E-state index contributed by atoms with van der Waals surface area (Å²) in [6.07, 6.45) is 14.6. The summed E-state index contributed by atoms with van der Waals surface area (Å²) in [5.74, 6) is 0.183. The molecule has 12 heteroatoms. The zero-order chi connectivity index (χ0) is 51.0. The fraction of sp³-hybridized carbons (Fsp3) is 0.403. The number of rotatable bonds is 9. The second-order valence-electron chi connectivity index (χ2n) is 22.8. The van der Waals surface area contributed by atoms with Crippen LogP contribution in [0, 0.1) is 27.7 Å². The highest BCUT2D eigenvalue weighted by Crippen LogP contribution is 2.43. The Balaban J connectivity index is 0.817. The number of nitrogens with zero attached hydrogens (tertiary/aromatic N) is 7. The van der Waals surface area contributed by atoms with E-state index in [1.807, 2.05) is 44.3 Å². The van der Waals surface area contributed by atoms with Crippen LogP contribution in [0.15, 0.2) is 85.5 Å². The van der Waals surface area contributed by atoms with Crippen LogP contribution in [0.3, 0.4) is 0 Å². The minimum atomic E-state index is -0.579. The van der Waals surface area contributed by atoms with E-state index in [9.17, 15) is 4.79 Å². The number of H-pyrrole nitrogens is 2. The van der Waals surface area contributed by atoms with E-state index in [4.69, 9.17) is 19.7 Å². The molecule has 0 radical (unpaired) electrons. The number of anilines is 2. The van der Waals surface area contributed by atoms with Crippen LogP contribution in [0.25, 0.3) is 44.3 Å². The summed E-state index contributed by atoms with van der Waals surface area (Å²) in [6, 6.07) is 23.4. The number of benzene rings is 2. The Hall–Kier alpha value is -7.05. The largest absolute Gasteiger partial charge is 0.444 e. The molecule has 0 unspecified atom stereocenters. The predicted octanol–water partition coefficient (Wildman–Crippen LogP) is 12.8. The van der Waals surface area contributed by atoms with Crippen LogP contribution in [0.2, 0.25) is 0 Å². The van der Waals surface area contributed by atoms with E-state index in [0.29, 0.717) is 12.6 Å². The van der Waals surface area contributed by atoms with Crippen molar-refractivity contribution in [3.8, 4) is 22.3 Å². The van der Waals surface area contributed by atoms with Gasteiger partial charge in [0.15, 0.2) is 0 Å². The maximum absolute atomic E-state index is 13.8. The number of amides is 1. The molecule has 0 saturated carbocycles. The van der Waals surface area contributed by atoms with Gasteiger partial charge in [-0.15, -0.1) is 0 Å². The van der Waals surface area contributed by atoms with E-state index in [2.05, 4.69) is 132 Å². The van der Waals surface area contributed by atoms with E-state index >= 15 is 0 Å². The Morgan fingerprint density at radius 1 is 0.743 bits per heavy atom. The van der Waals surface area contributed by atoms with Crippen LogP contribution < -0.4 is 15.1 Å². The molecule has 4 aliphatic heterocycles. The fourth-order valence-corrected chi connectivity index (χ4v) is 12.7. The van der Waals surface area contributed by atoms with Gasteiger partial charge in [-0.3, -0.25) is 9.97 Å². The van der Waals surface area contributed by atoms with Crippen molar-refractivity contribution < 1.29 is 9.53 Å². The molecule has 4 aliphatic rings. The molecule has 12 nitrogen and oxygen atoms in total. The lowest BCUT2D eigenvalue weighted by Crippen LogP contribution is -2.37. The number of aromatic nitrogens is 6. The topological polar surface area (TPSA) is 131 Å². The molecule has 8 aromatic rings. The van der Waals surface area contributed by atoms with Gasteiger partial charge in [-0.2, -0.15) is 0 Å². The number of pyridine rings is 4. The van der Waals surface area contributed by atoms with Crippen molar-refractivity contribution >= 4 is 39.5 Å². The zero-order valence-corrected chi connectivity index (χ0v) is 44.5. The molecule has 10 heterocycles. The van der Waals surface area contributed by atoms with Gasteiger partial charge in [0.25, 0.3) is 0 Å². The Morgan fingerprint density at radius 2 is 1.43 bits per heavy atom. The summed E-state index contributed by atoms with van der Waals surface area (Å²) < 4.78 is 6.01. The van der Waals surface area contributed by atoms with Gasteiger partial charge in [0.1, 0.15) is 16.9 Å². The van der Waals surface area contributed by atoms with Crippen molar-refractivity contribution in [1.82, 2.24) is 40.1 Å². The number of aryl methyl sites for hydroxylation is 4. The Kier molecular flexibility index (Phi) is 12.3. The monoisotopic (exact) mass is 987 g/mol. The summed E-state index contributed by atoms with van der Waals surface area (Å²) in [6.45, 7) is 22.0. The SMILES string of the molecule is Cc1cc(N2CCc3cc(-c4cnc5[nH]c([C@H](C)Cc6cc(N7CCc8cc(-c9cnc%10[nH]cc(C)c%10c9)cc([C@@H]9CCCN9C(=O)OC(C)(C)C)c8C7)cc(C)n6)c(C)c5c4)cc([C@@H]4CCCN4)c3C2)ccn1. The van der Waals surface area contributed by atoms with Gasteiger partial charge < -0.3 is 34.7 Å². The van der Waals surface area contributed by atoms with Gasteiger partial charge in [-0.05, 0) is 204 Å². The van der Waals surface area contributed by atoms with E-state index in [0.717, 1.165) is 122 Å². The molecule has 2 aromatic carbocycles. The molecular weight excluding hydrogens is 917 g/mol. The molecule has 380 valence electrons. The predicted molar refractivity (Wildman–Crippen MR) is 297 cm³/mol. The van der Waals surface area contributed by atoms with E-state index in [-0.39, 0.29) is 18.1 Å². The minimum Gasteiger partial charge on any atom is -0.444 e. The molecule has 1 amide bonds. The number of ether oxygens (including phenoxy) is 1. The second kappa shape index (κ2) is 19.0. The first-order chi connectivity index (χ1) is 35.7. The van der Waals surface area contributed by atoms with Gasteiger partial charge in [0, 0.05) is 126 Å². The molecule has 3 N–H and O–H groups in total. The van der Waals surface area contributed by atoms with Crippen molar-refractivity contribution in [3.63, 3.8) is 0 Å². The lowest BCUT2D eigenvalue weighted by molar-refractivity contribution is 0.0224. The molecule has 0 spiro atoms. The van der Waals surface area contributed by atoms with E-state index in [1.54, 1.807) is 0 Å². The standard InChI is InChI=1S/C62H70N10O2/c1-36(58-40(5)51-29-46(33-67-60(51)69-58)43-24-41-14-19-70(48-13-17-63-38(3)22-48)34-54(41)52(26-43)56-11-9-16-64-56)21-47-30-49(23-39(4)68-47)71-20-15-42-25-44(45-28-50-37(2)31-65-59(50)66-32-45)27-53(55(42)35-71)57-12-10-18-72(57)61(73)74-62(6,7)8/h13,17,22-33,36,56-57,64H,9-12,14-16,18-21,34-35H2,1-8H3,(H,65,66)(H,67,69)/t36-,56+,57+/m1/s1. The van der Waals surface area contributed by atoms with Gasteiger partial charge in [-0.1, -0.05) is 19.1 Å². The number of carbonyl (C=O) groups excluding carboxylic acids is 1. The lowest BCUT2D eigenvalue weighted by atomic mass is 9.86. The first-order valence-electron chi connectivity index (χ1n) is 27.1. The zero-order valence-electron chi connectivity index (χ0n) is 44.5. The molecule has 6 aromatic heterocycles. The number of aromatic amines is 2. The molecule has 74 heavy (non-hydrogen) atoms. The highest BCUT2D eigenvalue weighted by atomic mass is 16.6. The number of carbonyl (C=O) groups is 1. The van der Waals surface area contributed by atoms with Crippen molar-refractivity contribution in [3.05, 3.63) is 153 Å². The number of fused-ring (bicyclic) bond motifs is 4. The van der Waals surface area contributed by atoms with E-state index in [1.165, 1.54) is 78.9 Å². The van der Waals surface area contributed by atoms with Crippen LogP contribution in [0.4, 0.5) is 16.2 Å². The normalized spacial score (nSPS) is 18.4. The number of hydrogen-bond acceptors (Lipinski definition) is 9. The molecule has 12 rings (SSSR count). The third-order valence-corrected chi connectivity index (χ3v) is 16.4. The quantitative estimate of drug-likeness (QED) is 0.129. The highest BCUT2D eigenvalue weighted by molar-refractivity contribution is 5.87. The summed E-state index contributed by atoms with van der Waals surface area (Å²) in [7, 11) is 0. The van der Waals surface area contributed by atoms with Crippen molar-refractivity contribution in [2.45, 2.75) is 137 Å². The maximum atomic E-state index is 13.8. The van der Waals surface area contributed by atoms with Gasteiger partial charge >= 0.3 is 6.09 Å². The molecule has 3 atom stereocenters. The molecular formula is C62H70N10O2. The molecule has 0 bridgehead atoms. The minimum absolute atomic E-state index is 0.0796. The lowest BCUT2D eigenvalue weighted by Gasteiger charge is -2.36. The second-order valence-corrected chi connectivity index (χ2v) is 22.8. The number of nitrogens with one attached hydrogen (secondary N) is 3. The molecule has 0 aliphatic carbocycles. The van der Waals surface area contributed by atoms with Crippen LogP contribution in [-0.2, 0) is 37.1 Å². The number of hydrogen-bond donors (Lipinski definition) is 3. The molecule has 2 saturated heterocycles.